The predicted molar refractivity (Wildman–Crippen MR) is 155 cm³/mol. The monoisotopic (exact) mass is 566 g/mol. The van der Waals surface area contributed by atoms with Crippen LogP contribution in [0.1, 0.15) is 32.7 Å². The van der Waals surface area contributed by atoms with Gasteiger partial charge in [-0.1, -0.05) is 45.4 Å². The van der Waals surface area contributed by atoms with Gasteiger partial charge in [0.05, 0.1) is 25.4 Å². The highest BCUT2D eigenvalue weighted by molar-refractivity contribution is 8.00. The predicted octanol–water partition coefficient (Wildman–Crippen LogP) is 6.42. The van der Waals surface area contributed by atoms with E-state index in [2.05, 4.69) is 24.9 Å². The maximum Gasteiger partial charge on any atom is 0.239 e. The number of nitrogens with one attached hydrogen (secondary N) is 1. The third-order valence-electron chi connectivity index (χ3n) is 4.32. The molecule has 1 aromatic carbocycles. The van der Waals surface area contributed by atoms with Crippen LogP contribution < -0.4 is 14.2 Å². The molecule has 0 radical (unpaired) electrons. The van der Waals surface area contributed by atoms with Gasteiger partial charge in [-0.2, -0.15) is 0 Å². The lowest BCUT2D eigenvalue weighted by Crippen LogP contribution is -2.07. The van der Waals surface area contributed by atoms with E-state index in [1.807, 2.05) is 62.6 Å². The van der Waals surface area contributed by atoms with Gasteiger partial charge in [0.15, 0.2) is 5.82 Å². The van der Waals surface area contributed by atoms with E-state index in [9.17, 15) is 0 Å². The second-order valence-corrected chi connectivity index (χ2v) is 8.84. The summed E-state index contributed by atoms with van der Waals surface area (Å²) in [6, 6.07) is 9.39. The zero-order valence-corrected chi connectivity index (χ0v) is 24.6. The molecule has 0 bridgehead atoms. The molecule has 0 fully saturated rings. The number of pyridine rings is 1. The quantitative estimate of drug-likeness (QED) is 0.175. The number of aliphatic hydroxyl groups is 1. The van der Waals surface area contributed by atoms with E-state index in [1.165, 1.54) is 23.3 Å². The van der Waals surface area contributed by atoms with Crippen molar-refractivity contribution < 1.29 is 14.6 Å². The fraction of sp³-hybridized carbons (Fsp3) is 0.360. The Morgan fingerprint density at radius 2 is 1.68 bits per heavy atom. The molecule has 3 heterocycles. The number of hydrogen-bond acceptors (Lipinski definition) is 10. The molecule has 0 aliphatic carbocycles. The average molecular weight is 567 g/mol. The van der Waals surface area contributed by atoms with Crippen LogP contribution in [0.4, 0.5) is 5.95 Å². The molecular weight excluding hydrogens is 532 g/mol. The van der Waals surface area contributed by atoms with Crippen LogP contribution in [0.25, 0.3) is 17.1 Å². The molecule has 0 aliphatic heterocycles. The fourth-order valence-electron chi connectivity index (χ4n) is 2.95. The van der Waals surface area contributed by atoms with E-state index >= 15 is 0 Å². The van der Waals surface area contributed by atoms with Gasteiger partial charge in [-0.15, -0.1) is 21.5 Å². The number of halogens is 1. The highest BCUT2D eigenvalue weighted by Gasteiger charge is 2.22. The average Bonchev–Trinajstić information content (AvgIpc) is 3.60. The van der Waals surface area contributed by atoms with Crippen molar-refractivity contribution >= 4 is 40.8 Å². The zero-order chi connectivity index (χ0) is 27.6. The number of anilines is 1. The van der Waals surface area contributed by atoms with Crippen molar-refractivity contribution in [1.29, 1.82) is 0 Å². The number of methoxy groups -OCH3 is 2. The first-order valence-electron chi connectivity index (χ1n) is 11.7. The number of benzene rings is 1. The normalized spacial score (nSPS) is 9.54. The van der Waals surface area contributed by atoms with Gasteiger partial charge in [-0.25, -0.2) is 4.98 Å². The Balaban J connectivity index is 0.00000106. The van der Waals surface area contributed by atoms with Crippen LogP contribution >= 0.6 is 34.9 Å². The van der Waals surface area contributed by atoms with Gasteiger partial charge < -0.3 is 14.6 Å². The zero-order valence-electron chi connectivity index (χ0n) is 22.2. The van der Waals surface area contributed by atoms with Gasteiger partial charge in [-0.3, -0.25) is 14.3 Å². The molecule has 9 nitrogen and oxygen atoms in total. The minimum atomic E-state index is 0.545. The van der Waals surface area contributed by atoms with Crippen molar-refractivity contribution in [3.63, 3.8) is 0 Å². The van der Waals surface area contributed by atoms with E-state index in [-0.39, 0.29) is 0 Å². The molecule has 12 heteroatoms. The van der Waals surface area contributed by atoms with Crippen molar-refractivity contribution in [3.05, 3.63) is 58.3 Å². The molecule has 0 spiro atoms. The summed E-state index contributed by atoms with van der Waals surface area (Å²) in [4.78, 5) is 8.50. The first kappa shape index (κ1) is 32.2. The Bertz CT molecular complexity index is 1140. The Kier molecular flexibility index (Phi) is 16.0. The Morgan fingerprint density at radius 1 is 1.00 bits per heavy atom. The summed E-state index contributed by atoms with van der Waals surface area (Å²) in [6.07, 6.45) is 5.92. The number of aryl methyl sites for hydroxylation is 1. The van der Waals surface area contributed by atoms with Crippen LogP contribution in [0, 0.1) is 0 Å². The number of nitrogens with zero attached hydrogens (tertiary/aromatic N) is 5. The lowest BCUT2D eigenvalue weighted by molar-refractivity contribution is 0.391. The molecule has 0 unspecified atom stereocenters. The van der Waals surface area contributed by atoms with Gasteiger partial charge in [0.25, 0.3) is 0 Å². The van der Waals surface area contributed by atoms with E-state index < -0.39 is 0 Å². The standard InChI is InChI=1S/C20H19ClN6O2S2.2C2H6.CH4O/c1-28-14-6-3-7-15(29-2)18(14)27-19(13-5-4-9-22-11-13)24-25-20(27)26-30-10-8-17-23-12-16(21)31-17;3*1-2/h3-7,9,11-12H,8,10H2,1-2H3,(H,25,26);2*1-2H3;2H,1H3. The third-order valence-corrected chi connectivity index (χ3v) is 6.22. The first-order chi connectivity index (χ1) is 18.2. The summed E-state index contributed by atoms with van der Waals surface area (Å²) in [5.74, 6) is 3.21. The summed E-state index contributed by atoms with van der Waals surface area (Å²) >= 11 is 8.95. The van der Waals surface area contributed by atoms with Crippen molar-refractivity contribution in [2.24, 2.45) is 0 Å². The lowest BCUT2D eigenvalue weighted by Gasteiger charge is -2.17. The Morgan fingerprint density at radius 3 is 2.22 bits per heavy atom. The summed E-state index contributed by atoms with van der Waals surface area (Å²) < 4.78 is 17.1. The maximum atomic E-state index is 7.00. The Labute approximate surface area is 232 Å². The summed E-state index contributed by atoms with van der Waals surface area (Å²) in [7, 11) is 4.24. The number of aromatic nitrogens is 5. The molecule has 0 aliphatic rings. The van der Waals surface area contributed by atoms with Gasteiger partial charge in [0, 0.05) is 37.2 Å². The van der Waals surface area contributed by atoms with Crippen molar-refractivity contribution in [3.8, 4) is 28.6 Å². The van der Waals surface area contributed by atoms with Crippen LogP contribution in [-0.4, -0.2) is 56.9 Å². The second-order valence-electron chi connectivity index (χ2n) is 6.19. The van der Waals surface area contributed by atoms with Crippen molar-refractivity contribution in [2.75, 3.05) is 31.8 Å². The fourth-order valence-corrected chi connectivity index (χ4v) is 4.70. The summed E-state index contributed by atoms with van der Waals surface area (Å²) in [5.41, 5.74) is 1.52. The van der Waals surface area contributed by atoms with Gasteiger partial charge in [-0.05, 0) is 36.2 Å². The number of thiazole rings is 1. The lowest BCUT2D eigenvalue weighted by atomic mass is 10.2. The minimum Gasteiger partial charge on any atom is -0.494 e. The number of aliphatic hydroxyl groups excluding tert-OH is 1. The van der Waals surface area contributed by atoms with Gasteiger partial charge in [0.2, 0.25) is 5.95 Å². The van der Waals surface area contributed by atoms with Gasteiger partial charge >= 0.3 is 0 Å². The van der Waals surface area contributed by atoms with E-state index in [1.54, 1.807) is 32.8 Å². The number of ether oxygens (including phenoxy) is 2. The molecule has 37 heavy (non-hydrogen) atoms. The molecule has 0 atom stereocenters. The summed E-state index contributed by atoms with van der Waals surface area (Å²) in [6.45, 7) is 8.00. The highest BCUT2D eigenvalue weighted by atomic mass is 35.5. The maximum absolute atomic E-state index is 7.00. The SMILES string of the molecule is CC.CC.CO.COc1cccc(OC)c1-n1c(NSCCc2ncc(Cl)s2)nnc1-c1cccnc1. The third kappa shape index (κ3) is 8.89. The largest absolute Gasteiger partial charge is 0.494 e. The van der Waals surface area contributed by atoms with Crippen LogP contribution in [0.5, 0.6) is 11.5 Å². The molecule has 0 saturated carbocycles. The van der Waals surface area contributed by atoms with Crippen LogP contribution in [0.15, 0.2) is 48.9 Å². The van der Waals surface area contributed by atoms with Crippen LogP contribution in [0.2, 0.25) is 4.34 Å². The molecule has 4 rings (SSSR count). The van der Waals surface area contributed by atoms with Crippen molar-refractivity contribution in [2.45, 2.75) is 34.1 Å². The molecule has 202 valence electrons. The Hall–Kier alpha value is -2.86. The van der Waals surface area contributed by atoms with E-state index in [0.717, 1.165) is 29.9 Å². The number of para-hydroxylation sites is 1. The molecule has 4 aromatic rings. The number of hydrogen-bond donors (Lipinski definition) is 2. The number of rotatable bonds is 9. The van der Waals surface area contributed by atoms with Crippen LogP contribution in [0.3, 0.4) is 0 Å². The first-order valence-corrected chi connectivity index (χ1v) is 13.9. The molecule has 3 aromatic heterocycles. The van der Waals surface area contributed by atoms with E-state index in [0.29, 0.717) is 33.3 Å². The smallest absolute Gasteiger partial charge is 0.239 e. The summed E-state index contributed by atoms with van der Waals surface area (Å²) in [5, 5.41) is 16.8. The van der Waals surface area contributed by atoms with E-state index in [4.69, 9.17) is 26.2 Å². The van der Waals surface area contributed by atoms with Gasteiger partial charge in [0.1, 0.15) is 21.5 Å². The second kappa shape index (κ2) is 18.4. The topological polar surface area (TPSA) is 107 Å². The van der Waals surface area contributed by atoms with Crippen LogP contribution in [-0.2, 0) is 6.42 Å². The van der Waals surface area contributed by atoms with Crippen molar-refractivity contribution in [1.82, 2.24) is 24.7 Å². The molecule has 2 N–H and O–H groups in total. The highest BCUT2D eigenvalue weighted by Crippen LogP contribution is 2.37. The molecule has 0 saturated heterocycles. The molecular formula is C25H35ClN6O3S2. The molecule has 0 amide bonds. The minimum absolute atomic E-state index is 0.545.